The number of fused-ring (bicyclic) bond motifs is 1. The van der Waals surface area contributed by atoms with Gasteiger partial charge >= 0.3 is 0 Å². The second kappa shape index (κ2) is 9.31. The first-order valence-corrected chi connectivity index (χ1v) is 9.59. The van der Waals surface area contributed by atoms with Crippen molar-refractivity contribution in [2.75, 3.05) is 6.61 Å². The fourth-order valence-electron chi connectivity index (χ4n) is 2.70. The monoisotopic (exact) mass is 370 g/mol. The van der Waals surface area contributed by atoms with Crippen LogP contribution in [0.15, 0.2) is 48.5 Å². The number of nitrogens with one attached hydrogen (secondary N) is 1. The fourth-order valence-corrected chi connectivity index (χ4v) is 3.66. The number of carbonyl (C=O) groups excluding carboxylic acids is 1. The average molecular weight is 370 g/mol. The molecule has 3 aromatic rings. The van der Waals surface area contributed by atoms with E-state index in [2.05, 4.69) is 17.1 Å². The Balaban J connectivity index is 1.48. The summed E-state index contributed by atoms with van der Waals surface area (Å²) < 4.78 is 7.03. The Morgan fingerprint density at radius 3 is 2.77 bits per heavy atom. The van der Waals surface area contributed by atoms with Crippen LogP contribution in [0.3, 0.4) is 0 Å². The Morgan fingerprint density at radius 1 is 1.08 bits per heavy atom. The molecule has 26 heavy (non-hydrogen) atoms. The standard InChI is InChI=1S/C20H22N2O3S/c23-19(22-24)12-3-1-2-6-13-25-16-9-7-8-15(14-16)20-21-17-10-4-5-11-18(17)26-20/h4-5,7-11,14,24H,1-3,6,12-13H2,(H,22,23). The fraction of sp³-hybridized carbons (Fsp3) is 0.300. The highest BCUT2D eigenvalue weighted by atomic mass is 32.1. The van der Waals surface area contributed by atoms with Gasteiger partial charge in [-0.15, -0.1) is 11.3 Å². The minimum absolute atomic E-state index is 0.326. The van der Waals surface area contributed by atoms with Crippen LogP contribution in [-0.4, -0.2) is 22.7 Å². The zero-order chi connectivity index (χ0) is 18.2. The summed E-state index contributed by atoms with van der Waals surface area (Å²) in [5.41, 5.74) is 3.74. The largest absolute Gasteiger partial charge is 0.494 e. The Morgan fingerprint density at radius 2 is 1.92 bits per heavy atom. The lowest BCUT2D eigenvalue weighted by Crippen LogP contribution is -2.17. The maximum Gasteiger partial charge on any atom is 0.243 e. The van der Waals surface area contributed by atoms with Crippen LogP contribution >= 0.6 is 11.3 Å². The van der Waals surface area contributed by atoms with Gasteiger partial charge in [0.2, 0.25) is 5.91 Å². The van der Waals surface area contributed by atoms with E-state index in [9.17, 15) is 4.79 Å². The number of rotatable bonds is 9. The number of aromatic nitrogens is 1. The number of nitrogens with zero attached hydrogens (tertiary/aromatic N) is 1. The van der Waals surface area contributed by atoms with Gasteiger partial charge in [-0.3, -0.25) is 10.0 Å². The van der Waals surface area contributed by atoms with Gasteiger partial charge in [0, 0.05) is 12.0 Å². The smallest absolute Gasteiger partial charge is 0.243 e. The van der Waals surface area contributed by atoms with E-state index >= 15 is 0 Å². The quantitative estimate of drug-likeness (QED) is 0.322. The van der Waals surface area contributed by atoms with Gasteiger partial charge in [0.25, 0.3) is 0 Å². The van der Waals surface area contributed by atoms with E-state index in [0.29, 0.717) is 13.0 Å². The first-order chi connectivity index (χ1) is 12.8. The van der Waals surface area contributed by atoms with Crippen molar-refractivity contribution in [3.63, 3.8) is 0 Å². The van der Waals surface area contributed by atoms with E-state index in [1.54, 1.807) is 16.8 Å². The van der Waals surface area contributed by atoms with E-state index in [1.807, 2.05) is 36.4 Å². The topological polar surface area (TPSA) is 71.5 Å². The van der Waals surface area contributed by atoms with Crippen LogP contribution in [-0.2, 0) is 4.79 Å². The van der Waals surface area contributed by atoms with Gasteiger partial charge in [-0.25, -0.2) is 10.5 Å². The maximum atomic E-state index is 10.9. The summed E-state index contributed by atoms with van der Waals surface area (Å²) in [6.45, 7) is 0.648. The molecule has 0 atom stereocenters. The molecule has 0 spiro atoms. The number of unbranched alkanes of at least 4 members (excludes halogenated alkanes) is 3. The van der Waals surface area contributed by atoms with Crippen molar-refractivity contribution in [2.24, 2.45) is 0 Å². The summed E-state index contributed by atoms with van der Waals surface area (Å²) in [7, 11) is 0. The highest BCUT2D eigenvalue weighted by Crippen LogP contribution is 2.31. The Labute approximate surface area is 156 Å². The minimum Gasteiger partial charge on any atom is -0.494 e. The van der Waals surface area contributed by atoms with Crippen LogP contribution in [0.5, 0.6) is 5.75 Å². The molecule has 0 unspecified atom stereocenters. The molecular formula is C20H22N2O3S. The molecule has 0 radical (unpaired) electrons. The van der Waals surface area contributed by atoms with Gasteiger partial charge in [0.15, 0.2) is 0 Å². The highest BCUT2D eigenvalue weighted by Gasteiger charge is 2.07. The second-order valence-corrected chi connectivity index (χ2v) is 7.09. The van der Waals surface area contributed by atoms with E-state index in [4.69, 9.17) is 9.94 Å². The molecule has 0 fully saturated rings. The number of hydrogen-bond donors (Lipinski definition) is 2. The maximum absolute atomic E-state index is 10.9. The molecule has 2 N–H and O–H groups in total. The third-order valence-corrected chi connectivity index (χ3v) is 5.15. The molecule has 6 heteroatoms. The number of para-hydroxylation sites is 1. The normalized spacial score (nSPS) is 10.8. The third-order valence-electron chi connectivity index (χ3n) is 4.07. The van der Waals surface area contributed by atoms with Crippen LogP contribution in [0.1, 0.15) is 32.1 Å². The summed E-state index contributed by atoms with van der Waals surface area (Å²) >= 11 is 1.68. The van der Waals surface area contributed by atoms with Crippen LogP contribution in [0.4, 0.5) is 0 Å². The van der Waals surface area contributed by atoms with Gasteiger partial charge in [-0.2, -0.15) is 0 Å². The number of thiazole rings is 1. The predicted octanol–water partition coefficient (Wildman–Crippen LogP) is 4.80. The van der Waals surface area contributed by atoms with Gasteiger partial charge < -0.3 is 4.74 Å². The highest BCUT2D eigenvalue weighted by molar-refractivity contribution is 7.21. The van der Waals surface area contributed by atoms with Gasteiger partial charge in [0.05, 0.1) is 16.8 Å². The van der Waals surface area contributed by atoms with Crippen molar-refractivity contribution < 1.29 is 14.7 Å². The summed E-state index contributed by atoms with van der Waals surface area (Å²) in [4.78, 5) is 15.6. The van der Waals surface area contributed by atoms with E-state index < -0.39 is 0 Å². The molecule has 0 saturated heterocycles. The Hall–Kier alpha value is -2.44. The number of hydrogen-bond acceptors (Lipinski definition) is 5. The lowest BCUT2D eigenvalue weighted by atomic mass is 10.1. The molecule has 1 amide bonds. The molecule has 136 valence electrons. The van der Waals surface area contributed by atoms with E-state index in [1.165, 1.54) is 4.70 Å². The molecule has 0 saturated carbocycles. The molecule has 0 aliphatic rings. The Kier molecular flexibility index (Phi) is 6.57. The predicted molar refractivity (Wildman–Crippen MR) is 104 cm³/mol. The van der Waals surface area contributed by atoms with Crippen molar-refractivity contribution in [3.05, 3.63) is 48.5 Å². The first-order valence-electron chi connectivity index (χ1n) is 8.78. The molecule has 0 bridgehead atoms. The van der Waals surface area contributed by atoms with Crippen molar-refractivity contribution in [1.82, 2.24) is 10.5 Å². The molecule has 0 aliphatic heterocycles. The molecule has 5 nitrogen and oxygen atoms in total. The van der Waals surface area contributed by atoms with Crippen molar-refractivity contribution in [3.8, 4) is 16.3 Å². The zero-order valence-electron chi connectivity index (χ0n) is 14.5. The number of hydroxylamine groups is 1. The van der Waals surface area contributed by atoms with E-state index in [-0.39, 0.29) is 5.91 Å². The first kappa shape index (κ1) is 18.4. The van der Waals surface area contributed by atoms with Gasteiger partial charge in [0.1, 0.15) is 10.8 Å². The minimum atomic E-state index is -0.326. The number of ether oxygens (including phenoxy) is 1. The SMILES string of the molecule is O=C(CCCCCCOc1cccc(-c2nc3ccccc3s2)c1)NO. The Bertz CT molecular complexity index is 830. The summed E-state index contributed by atoms with van der Waals surface area (Å²) in [5, 5.41) is 9.42. The van der Waals surface area contributed by atoms with Gasteiger partial charge in [-0.1, -0.05) is 37.1 Å². The second-order valence-electron chi connectivity index (χ2n) is 6.06. The molecule has 1 heterocycles. The third kappa shape index (κ3) is 5.03. The van der Waals surface area contributed by atoms with Crippen LogP contribution in [0, 0.1) is 0 Å². The van der Waals surface area contributed by atoms with Crippen LogP contribution in [0.2, 0.25) is 0 Å². The van der Waals surface area contributed by atoms with Crippen LogP contribution < -0.4 is 10.2 Å². The molecule has 0 aliphatic carbocycles. The van der Waals surface area contributed by atoms with Crippen molar-refractivity contribution in [1.29, 1.82) is 0 Å². The number of amides is 1. The summed E-state index contributed by atoms with van der Waals surface area (Å²) in [6, 6.07) is 16.2. The summed E-state index contributed by atoms with van der Waals surface area (Å²) in [5.74, 6) is 0.523. The van der Waals surface area contributed by atoms with Crippen molar-refractivity contribution >= 4 is 27.5 Å². The lowest BCUT2D eigenvalue weighted by molar-refractivity contribution is -0.129. The molecule has 2 aromatic carbocycles. The summed E-state index contributed by atoms with van der Waals surface area (Å²) in [6.07, 6.45) is 4.02. The average Bonchev–Trinajstić information content (AvgIpc) is 3.11. The molecular weight excluding hydrogens is 348 g/mol. The molecule has 1 aromatic heterocycles. The van der Waals surface area contributed by atoms with Crippen LogP contribution in [0.25, 0.3) is 20.8 Å². The van der Waals surface area contributed by atoms with Gasteiger partial charge in [-0.05, 0) is 37.1 Å². The number of carbonyl (C=O) groups is 1. The zero-order valence-corrected chi connectivity index (χ0v) is 15.3. The lowest BCUT2D eigenvalue weighted by Gasteiger charge is -2.07. The van der Waals surface area contributed by atoms with Crippen molar-refractivity contribution in [2.45, 2.75) is 32.1 Å². The van der Waals surface area contributed by atoms with E-state index in [0.717, 1.165) is 47.5 Å². The molecule has 3 rings (SSSR count). The number of benzene rings is 2.